The predicted octanol–water partition coefficient (Wildman–Crippen LogP) is 13.2. The van der Waals surface area contributed by atoms with Crippen LogP contribution < -0.4 is 0 Å². The molecule has 0 bridgehead atoms. The van der Waals surface area contributed by atoms with Gasteiger partial charge in [0, 0.05) is 10.8 Å². The number of rotatable bonds is 3. The van der Waals surface area contributed by atoms with Gasteiger partial charge in [-0.15, -0.1) is 0 Å². The van der Waals surface area contributed by atoms with Crippen LogP contribution in [0.5, 0.6) is 0 Å². The van der Waals surface area contributed by atoms with Gasteiger partial charge in [-0.25, -0.2) is 0 Å². The zero-order valence-corrected chi connectivity index (χ0v) is 25.6. The van der Waals surface area contributed by atoms with E-state index in [4.69, 9.17) is 4.42 Å². The van der Waals surface area contributed by atoms with Crippen LogP contribution in [0.15, 0.2) is 174 Å². The van der Waals surface area contributed by atoms with E-state index in [2.05, 4.69) is 170 Å². The van der Waals surface area contributed by atoms with Crippen molar-refractivity contribution in [2.45, 2.75) is 0 Å². The monoisotopic (exact) mass is 596 g/mol. The Balaban J connectivity index is 1.41. The van der Waals surface area contributed by atoms with Gasteiger partial charge in [0.25, 0.3) is 0 Å². The van der Waals surface area contributed by atoms with Gasteiger partial charge in [0.15, 0.2) is 0 Å². The topological polar surface area (TPSA) is 13.1 Å². The van der Waals surface area contributed by atoms with E-state index < -0.39 is 0 Å². The third-order valence-corrected chi connectivity index (χ3v) is 9.85. The molecule has 0 saturated carbocycles. The molecule has 0 saturated heterocycles. The van der Waals surface area contributed by atoms with E-state index in [1.165, 1.54) is 81.9 Å². The fraction of sp³-hybridized carbons (Fsp3) is 0. The van der Waals surface area contributed by atoms with Gasteiger partial charge in [-0.2, -0.15) is 0 Å². The summed E-state index contributed by atoms with van der Waals surface area (Å²) in [7, 11) is 0. The molecule has 47 heavy (non-hydrogen) atoms. The molecule has 0 unspecified atom stereocenters. The Morgan fingerprint density at radius 2 is 0.809 bits per heavy atom. The maximum Gasteiger partial charge on any atom is 0.136 e. The molecule has 10 rings (SSSR count). The number of hydrogen-bond donors (Lipinski definition) is 0. The molecule has 10 aromatic rings. The van der Waals surface area contributed by atoms with E-state index in [0.717, 1.165) is 16.6 Å². The lowest BCUT2D eigenvalue weighted by Crippen LogP contribution is -1.94. The highest BCUT2D eigenvalue weighted by molar-refractivity contribution is 6.28. The molecule has 1 nitrogen and oxygen atoms in total. The van der Waals surface area contributed by atoms with Crippen LogP contribution in [-0.4, -0.2) is 0 Å². The van der Waals surface area contributed by atoms with Crippen LogP contribution in [0.3, 0.4) is 0 Å². The Hall–Kier alpha value is -6.18. The van der Waals surface area contributed by atoms with Crippen molar-refractivity contribution in [2.75, 3.05) is 0 Å². The molecule has 0 aliphatic carbocycles. The summed E-state index contributed by atoms with van der Waals surface area (Å²) in [6.45, 7) is 0. The van der Waals surface area contributed by atoms with Crippen LogP contribution >= 0.6 is 0 Å². The van der Waals surface area contributed by atoms with E-state index in [1.807, 2.05) is 0 Å². The molecule has 0 radical (unpaired) electrons. The lowest BCUT2D eigenvalue weighted by atomic mass is 9.81. The average Bonchev–Trinajstić information content (AvgIpc) is 3.54. The van der Waals surface area contributed by atoms with Crippen LogP contribution in [0, 0.1) is 0 Å². The second-order valence-electron chi connectivity index (χ2n) is 12.4. The first-order valence-electron chi connectivity index (χ1n) is 16.2. The number of furan rings is 1. The van der Waals surface area contributed by atoms with Gasteiger partial charge in [-0.05, 0) is 88.6 Å². The minimum atomic E-state index is 0.905. The van der Waals surface area contributed by atoms with Gasteiger partial charge in [0.1, 0.15) is 11.2 Å². The second kappa shape index (κ2) is 10.2. The minimum absolute atomic E-state index is 0.905. The summed E-state index contributed by atoms with van der Waals surface area (Å²) in [6, 6.07) is 61.5. The largest absolute Gasteiger partial charge is 0.456 e. The van der Waals surface area contributed by atoms with Crippen molar-refractivity contribution in [1.82, 2.24) is 0 Å². The summed E-state index contributed by atoms with van der Waals surface area (Å²) in [6.07, 6.45) is 0. The van der Waals surface area contributed by atoms with Crippen LogP contribution in [-0.2, 0) is 0 Å². The first kappa shape index (κ1) is 26.1. The fourth-order valence-electron chi connectivity index (χ4n) is 7.89. The van der Waals surface area contributed by atoms with Crippen molar-refractivity contribution >= 4 is 65.0 Å². The van der Waals surface area contributed by atoms with Crippen LogP contribution in [0.25, 0.3) is 98.4 Å². The van der Waals surface area contributed by atoms with E-state index >= 15 is 0 Å². The Labute approximate surface area is 271 Å². The maximum absolute atomic E-state index is 6.56. The van der Waals surface area contributed by atoms with Gasteiger partial charge in [0.2, 0.25) is 0 Å². The SMILES string of the molecule is c1ccc(-c2c3ccccc3c(-c3c(-c4cccc5oc6ccc7ccccc7c6c45)ccc4ccccc34)c3ccccc23)cc1. The highest BCUT2D eigenvalue weighted by atomic mass is 16.3. The molecular weight excluding hydrogens is 569 g/mol. The Morgan fingerprint density at radius 1 is 0.277 bits per heavy atom. The molecule has 0 aliphatic rings. The molecule has 0 aliphatic heterocycles. The van der Waals surface area contributed by atoms with E-state index in [9.17, 15) is 0 Å². The molecule has 0 N–H and O–H groups in total. The molecule has 0 fully saturated rings. The van der Waals surface area contributed by atoms with Crippen molar-refractivity contribution in [1.29, 1.82) is 0 Å². The molecule has 218 valence electrons. The third-order valence-electron chi connectivity index (χ3n) is 9.85. The van der Waals surface area contributed by atoms with Gasteiger partial charge in [-0.3, -0.25) is 0 Å². The lowest BCUT2D eigenvalue weighted by molar-refractivity contribution is 0.669. The normalized spacial score (nSPS) is 11.8. The highest BCUT2D eigenvalue weighted by Gasteiger charge is 2.23. The molecule has 0 atom stereocenters. The third kappa shape index (κ3) is 3.84. The van der Waals surface area contributed by atoms with Gasteiger partial charge in [-0.1, -0.05) is 158 Å². The zero-order valence-electron chi connectivity index (χ0n) is 25.6. The summed E-state index contributed by atoms with van der Waals surface area (Å²) in [5, 5.41) is 12.2. The first-order chi connectivity index (χ1) is 23.3. The molecule has 1 aromatic heterocycles. The summed E-state index contributed by atoms with van der Waals surface area (Å²) in [5.74, 6) is 0. The predicted molar refractivity (Wildman–Crippen MR) is 200 cm³/mol. The molecule has 1 heteroatoms. The average molecular weight is 597 g/mol. The Morgan fingerprint density at radius 3 is 1.51 bits per heavy atom. The number of hydrogen-bond acceptors (Lipinski definition) is 1. The van der Waals surface area contributed by atoms with Gasteiger partial charge >= 0.3 is 0 Å². The molecule has 9 aromatic carbocycles. The van der Waals surface area contributed by atoms with Gasteiger partial charge in [0.05, 0.1) is 0 Å². The van der Waals surface area contributed by atoms with Crippen LogP contribution in [0.1, 0.15) is 0 Å². The lowest BCUT2D eigenvalue weighted by Gasteiger charge is -2.21. The van der Waals surface area contributed by atoms with Crippen molar-refractivity contribution < 1.29 is 4.42 Å². The van der Waals surface area contributed by atoms with E-state index in [-0.39, 0.29) is 0 Å². The summed E-state index contributed by atoms with van der Waals surface area (Å²) >= 11 is 0. The molecule has 0 amide bonds. The van der Waals surface area contributed by atoms with Crippen molar-refractivity contribution in [3.63, 3.8) is 0 Å². The maximum atomic E-state index is 6.56. The quantitative estimate of drug-likeness (QED) is 0.185. The second-order valence-corrected chi connectivity index (χ2v) is 12.4. The number of fused-ring (bicyclic) bond motifs is 8. The summed E-state index contributed by atoms with van der Waals surface area (Å²) < 4.78 is 6.56. The van der Waals surface area contributed by atoms with Crippen molar-refractivity contribution in [3.05, 3.63) is 170 Å². The fourth-order valence-corrected chi connectivity index (χ4v) is 7.89. The van der Waals surface area contributed by atoms with Gasteiger partial charge < -0.3 is 4.42 Å². The first-order valence-corrected chi connectivity index (χ1v) is 16.2. The summed E-state index contributed by atoms with van der Waals surface area (Å²) in [5.41, 5.74) is 9.21. The highest BCUT2D eigenvalue weighted by Crippen LogP contribution is 2.50. The molecule has 0 spiro atoms. The van der Waals surface area contributed by atoms with Crippen molar-refractivity contribution in [2.24, 2.45) is 0 Å². The smallest absolute Gasteiger partial charge is 0.136 e. The Kier molecular flexibility index (Phi) is 5.64. The van der Waals surface area contributed by atoms with Crippen molar-refractivity contribution in [3.8, 4) is 33.4 Å². The van der Waals surface area contributed by atoms with Crippen LogP contribution in [0.4, 0.5) is 0 Å². The zero-order chi connectivity index (χ0) is 30.9. The minimum Gasteiger partial charge on any atom is -0.456 e. The Bertz CT molecular complexity index is 2780. The standard InChI is InChI=1S/C46H28O/c1-2-15-31(16-3-1)42-34-19-8-10-21-36(34)44(37-22-11-9-20-35(37)42)43-32-17-6-4-13-29(32)25-27-39(43)38-23-12-24-40-46(38)45-33-18-7-5-14-30(33)26-28-41(45)47-40/h1-28H. The van der Waals surface area contributed by atoms with E-state index in [0.29, 0.717) is 0 Å². The molecular formula is C46H28O. The number of benzene rings is 9. The van der Waals surface area contributed by atoms with Crippen LogP contribution in [0.2, 0.25) is 0 Å². The summed E-state index contributed by atoms with van der Waals surface area (Å²) in [4.78, 5) is 0. The molecule has 1 heterocycles. The van der Waals surface area contributed by atoms with E-state index in [1.54, 1.807) is 0 Å².